The number of fused-ring (bicyclic) bond motifs is 3. The summed E-state index contributed by atoms with van der Waals surface area (Å²) in [7, 11) is 0. The molecule has 0 saturated carbocycles. The Morgan fingerprint density at radius 2 is 1.88 bits per heavy atom. The number of nitrogens with two attached hydrogens (primary N) is 1. The van der Waals surface area contributed by atoms with Crippen molar-refractivity contribution in [3.63, 3.8) is 0 Å². The van der Waals surface area contributed by atoms with E-state index in [0.717, 1.165) is 27.6 Å². The third kappa shape index (κ3) is 2.85. The van der Waals surface area contributed by atoms with Crippen LogP contribution < -0.4 is 5.73 Å². The van der Waals surface area contributed by atoms with Gasteiger partial charge in [-0.15, -0.1) is 10.2 Å². The van der Waals surface area contributed by atoms with Crippen molar-refractivity contribution in [1.82, 2.24) is 14.6 Å². The van der Waals surface area contributed by atoms with Crippen molar-refractivity contribution >= 4 is 34.2 Å². The van der Waals surface area contributed by atoms with Crippen molar-refractivity contribution < 1.29 is 4.79 Å². The summed E-state index contributed by atoms with van der Waals surface area (Å²) in [5.74, 6) is 0.326. The van der Waals surface area contributed by atoms with Crippen LogP contribution in [0.3, 0.4) is 0 Å². The number of carbonyl (C=O) groups excluding carboxylic acids is 1. The number of primary amides is 1. The summed E-state index contributed by atoms with van der Waals surface area (Å²) in [6.45, 7) is 2.09. The third-order valence-electron chi connectivity index (χ3n) is 4.18. The predicted molar refractivity (Wildman–Crippen MR) is 99.8 cm³/mol. The smallest absolute Gasteiger partial charge is 0.248 e. The molecule has 2 N–H and O–H groups in total. The number of aromatic nitrogens is 3. The van der Waals surface area contributed by atoms with Gasteiger partial charge in [-0.05, 0) is 42.3 Å². The van der Waals surface area contributed by atoms with Crippen LogP contribution >= 0.6 is 11.8 Å². The van der Waals surface area contributed by atoms with Gasteiger partial charge in [0.2, 0.25) is 5.91 Å². The van der Waals surface area contributed by atoms with E-state index in [0.29, 0.717) is 5.56 Å². The van der Waals surface area contributed by atoms with Gasteiger partial charge < -0.3 is 5.73 Å². The lowest BCUT2D eigenvalue weighted by Gasteiger charge is -2.07. The van der Waals surface area contributed by atoms with Gasteiger partial charge in [0, 0.05) is 16.7 Å². The van der Waals surface area contributed by atoms with Gasteiger partial charge in [-0.1, -0.05) is 42.1 Å². The first kappa shape index (κ1) is 15.7. The van der Waals surface area contributed by atoms with Gasteiger partial charge >= 0.3 is 0 Å². The fourth-order valence-electron chi connectivity index (χ4n) is 2.88. The molecular formula is C19H16N4OS. The Morgan fingerprint density at radius 3 is 2.64 bits per heavy atom. The van der Waals surface area contributed by atoms with Gasteiger partial charge in [-0.3, -0.25) is 9.20 Å². The lowest BCUT2D eigenvalue weighted by Crippen LogP contribution is -2.10. The van der Waals surface area contributed by atoms with Crippen LogP contribution in [-0.2, 0) is 5.75 Å². The monoisotopic (exact) mass is 348 g/mol. The van der Waals surface area contributed by atoms with Gasteiger partial charge in [0.15, 0.2) is 10.8 Å². The lowest BCUT2D eigenvalue weighted by molar-refractivity contribution is 0.100. The number of benzene rings is 2. The fourth-order valence-corrected chi connectivity index (χ4v) is 3.79. The molecule has 2 aromatic heterocycles. The van der Waals surface area contributed by atoms with Gasteiger partial charge in [-0.2, -0.15) is 0 Å². The van der Waals surface area contributed by atoms with Crippen molar-refractivity contribution in [2.45, 2.75) is 17.8 Å². The Labute approximate surface area is 148 Å². The molecule has 4 rings (SSSR count). The Morgan fingerprint density at radius 1 is 1.12 bits per heavy atom. The molecule has 0 saturated heterocycles. The van der Waals surface area contributed by atoms with E-state index in [1.165, 1.54) is 10.9 Å². The number of rotatable bonds is 4. The fraction of sp³-hybridized carbons (Fsp3) is 0.105. The maximum Gasteiger partial charge on any atom is 0.248 e. The summed E-state index contributed by atoms with van der Waals surface area (Å²) in [6.07, 6.45) is 0. The normalized spacial score (nSPS) is 11.2. The maximum absolute atomic E-state index is 11.2. The zero-order chi connectivity index (χ0) is 17.4. The standard InChI is InChI=1S/C19H16N4OS/c1-12-10-17-21-22-19(23(17)16-5-3-2-4-15(12)16)25-11-13-6-8-14(9-7-13)18(20)24/h2-10H,11H2,1H3,(H2,20,24). The molecule has 124 valence electrons. The molecule has 25 heavy (non-hydrogen) atoms. The van der Waals surface area contributed by atoms with E-state index in [-0.39, 0.29) is 0 Å². The second-order valence-electron chi connectivity index (χ2n) is 5.87. The van der Waals surface area contributed by atoms with Crippen LogP contribution in [0.5, 0.6) is 0 Å². The number of aryl methyl sites for hydroxylation is 1. The van der Waals surface area contributed by atoms with E-state index in [2.05, 4.69) is 39.7 Å². The highest BCUT2D eigenvalue weighted by Crippen LogP contribution is 2.27. The van der Waals surface area contributed by atoms with E-state index >= 15 is 0 Å². The quantitative estimate of drug-likeness (QED) is 0.572. The summed E-state index contributed by atoms with van der Waals surface area (Å²) in [4.78, 5) is 11.2. The summed E-state index contributed by atoms with van der Waals surface area (Å²) in [5.41, 5.74) is 10.0. The minimum Gasteiger partial charge on any atom is -0.366 e. The second kappa shape index (κ2) is 6.22. The molecule has 0 radical (unpaired) electrons. The number of carbonyl (C=O) groups is 1. The molecule has 6 heteroatoms. The molecule has 0 unspecified atom stereocenters. The van der Waals surface area contributed by atoms with E-state index in [1.54, 1.807) is 23.9 Å². The molecule has 4 aromatic rings. The van der Waals surface area contributed by atoms with Crippen molar-refractivity contribution in [1.29, 1.82) is 0 Å². The minimum atomic E-state index is -0.413. The van der Waals surface area contributed by atoms with E-state index in [1.807, 2.05) is 24.3 Å². The Hall–Kier alpha value is -2.86. The zero-order valence-corrected chi connectivity index (χ0v) is 14.5. The van der Waals surface area contributed by atoms with Crippen molar-refractivity contribution in [2.24, 2.45) is 5.73 Å². The highest BCUT2D eigenvalue weighted by Gasteiger charge is 2.11. The molecule has 0 atom stereocenters. The average molecular weight is 348 g/mol. The molecule has 1 amide bonds. The summed E-state index contributed by atoms with van der Waals surface area (Å²) in [5, 5.41) is 10.7. The van der Waals surface area contributed by atoms with Crippen LogP contribution in [0.15, 0.2) is 59.8 Å². The van der Waals surface area contributed by atoms with Gasteiger partial charge in [0.1, 0.15) is 0 Å². The molecule has 0 aliphatic rings. The molecule has 2 heterocycles. The zero-order valence-electron chi connectivity index (χ0n) is 13.6. The topological polar surface area (TPSA) is 73.3 Å². The number of thioether (sulfide) groups is 1. The number of nitrogens with zero attached hydrogens (tertiary/aromatic N) is 3. The summed E-state index contributed by atoms with van der Waals surface area (Å²) < 4.78 is 2.09. The molecular weight excluding hydrogens is 332 g/mol. The van der Waals surface area contributed by atoms with Crippen molar-refractivity contribution in [3.8, 4) is 0 Å². The Balaban J connectivity index is 1.68. The first-order valence-electron chi connectivity index (χ1n) is 7.88. The SMILES string of the molecule is Cc1cc2nnc(SCc3ccc(C(N)=O)cc3)n2c2ccccc12. The van der Waals surface area contributed by atoms with Crippen LogP contribution in [0.25, 0.3) is 16.6 Å². The van der Waals surface area contributed by atoms with Crippen LogP contribution in [0.1, 0.15) is 21.5 Å². The van der Waals surface area contributed by atoms with Crippen LogP contribution in [0.4, 0.5) is 0 Å². The molecule has 0 aliphatic heterocycles. The predicted octanol–water partition coefficient (Wildman–Crippen LogP) is 3.58. The van der Waals surface area contributed by atoms with Crippen molar-refractivity contribution in [3.05, 3.63) is 71.3 Å². The van der Waals surface area contributed by atoms with Gasteiger partial charge in [0.05, 0.1) is 5.52 Å². The third-order valence-corrected chi connectivity index (χ3v) is 5.18. The molecule has 0 spiro atoms. The molecule has 0 fully saturated rings. The first-order valence-corrected chi connectivity index (χ1v) is 8.87. The first-order chi connectivity index (χ1) is 12.1. The molecule has 0 aliphatic carbocycles. The number of hydrogen-bond donors (Lipinski definition) is 1. The van der Waals surface area contributed by atoms with E-state index < -0.39 is 5.91 Å². The highest BCUT2D eigenvalue weighted by atomic mass is 32.2. The largest absolute Gasteiger partial charge is 0.366 e. The van der Waals surface area contributed by atoms with Gasteiger partial charge in [-0.25, -0.2) is 0 Å². The Bertz CT molecular complexity index is 1090. The van der Waals surface area contributed by atoms with Crippen molar-refractivity contribution in [2.75, 3.05) is 0 Å². The van der Waals surface area contributed by atoms with E-state index in [9.17, 15) is 4.79 Å². The molecule has 0 bridgehead atoms. The Kier molecular flexibility index (Phi) is 3.89. The molecule has 2 aromatic carbocycles. The van der Waals surface area contributed by atoms with Gasteiger partial charge in [0.25, 0.3) is 0 Å². The van der Waals surface area contributed by atoms with Crippen LogP contribution in [0, 0.1) is 6.92 Å². The number of para-hydroxylation sites is 1. The van der Waals surface area contributed by atoms with Crippen LogP contribution in [0.2, 0.25) is 0 Å². The second-order valence-corrected chi connectivity index (χ2v) is 6.81. The minimum absolute atomic E-state index is 0.413. The summed E-state index contributed by atoms with van der Waals surface area (Å²) in [6, 6.07) is 17.7. The molecule has 5 nitrogen and oxygen atoms in total. The van der Waals surface area contributed by atoms with E-state index in [4.69, 9.17) is 5.73 Å². The van der Waals surface area contributed by atoms with Crippen LogP contribution in [-0.4, -0.2) is 20.5 Å². The number of pyridine rings is 1. The maximum atomic E-state index is 11.2. The number of hydrogen-bond acceptors (Lipinski definition) is 4. The number of amides is 1. The summed E-state index contributed by atoms with van der Waals surface area (Å²) >= 11 is 1.62. The lowest BCUT2D eigenvalue weighted by atomic mass is 10.1. The average Bonchev–Trinajstić information content (AvgIpc) is 3.03. The highest BCUT2D eigenvalue weighted by molar-refractivity contribution is 7.98.